The number of aliphatic hydroxyl groups excluding tert-OH is 2. The summed E-state index contributed by atoms with van der Waals surface area (Å²) in [5, 5.41) is 17.1. The number of unbranched alkanes of at least 4 members (excludes halogenated alkanes) is 11. The minimum atomic E-state index is 0. The van der Waals surface area contributed by atoms with Crippen LogP contribution in [0.2, 0.25) is 0 Å². The molecule has 2 N–H and O–H groups in total. The van der Waals surface area contributed by atoms with Gasteiger partial charge in [0.2, 0.25) is 11.4 Å². The summed E-state index contributed by atoms with van der Waals surface area (Å²) < 4.78 is 1.49. The smallest absolute Gasteiger partial charge is 0.211 e. The zero-order valence-electron chi connectivity index (χ0n) is 42.2. The van der Waals surface area contributed by atoms with Crippen LogP contribution >= 0.6 is 0 Å². The molecule has 0 aliphatic carbocycles. The zero-order valence-corrected chi connectivity index (χ0v) is 43.7. The Morgan fingerprint density at radius 1 is 0.412 bits per heavy atom. The second kappa shape index (κ2) is 36.8. The van der Waals surface area contributed by atoms with Gasteiger partial charge in [0.25, 0.3) is 0 Å². The Labute approximate surface area is 426 Å². The van der Waals surface area contributed by atoms with Crippen LogP contribution in [-0.4, -0.2) is 14.9 Å². The molecule has 0 aromatic heterocycles. The number of hydrogen-bond donors (Lipinski definition) is 2. The van der Waals surface area contributed by atoms with Crippen LogP contribution in [0.15, 0.2) is 108 Å². The molecule has 0 spiro atoms. The molecular weight excluding hydrogens is 923 g/mol. The monoisotopic (exact) mass is 1000 g/mol. The molecule has 1 heterocycles. The van der Waals surface area contributed by atoms with Crippen molar-refractivity contribution in [3.8, 4) is 47.4 Å². The van der Waals surface area contributed by atoms with E-state index in [9.17, 15) is 5.53 Å². The van der Waals surface area contributed by atoms with Crippen molar-refractivity contribution in [2.75, 3.05) is 0 Å². The van der Waals surface area contributed by atoms with Crippen LogP contribution in [0.1, 0.15) is 208 Å². The molecule has 362 valence electrons. The van der Waals surface area contributed by atoms with Crippen LogP contribution in [0, 0.1) is 47.4 Å². The van der Waals surface area contributed by atoms with Gasteiger partial charge in [0.15, 0.2) is 0 Å². The summed E-state index contributed by atoms with van der Waals surface area (Å²) >= 11 is 0. The molecule has 68 heavy (non-hydrogen) atoms. The van der Waals surface area contributed by atoms with Gasteiger partial charge in [0, 0.05) is 90.6 Å². The predicted octanol–water partition coefficient (Wildman–Crippen LogP) is 16.1. The first kappa shape index (κ1) is 58.9. The van der Waals surface area contributed by atoms with Gasteiger partial charge in [-0.3, -0.25) is 0 Å². The molecule has 0 radical (unpaired) electrons. The summed E-state index contributed by atoms with van der Waals surface area (Å²) in [6, 6.07) is 31.9. The molecule has 5 heteroatoms. The largest absolute Gasteiger partial charge is 0.493 e. The summed E-state index contributed by atoms with van der Waals surface area (Å²) in [4.78, 5) is 0. The van der Waals surface area contributed by atoms with Gasteiger partial charge in [-0.2, -0.15) is 0 Å². The molecule has 4 aromatic rings. The van der Waals surface area contributed by atoms with Crippen LogP contribution < -0.4 is 0 Å². The Morgan fingerprint density at radius 2 is 0.721 bits per heavy atom. The first-order chi connectivity index (χ1) is 32.9. The maximum atomic E-state index is 12.5. The first-order valence-corrected chi connectivity index (χ1v) is 25.4. The van der Waals surface area contributed by atoms with E-state index in [4.69, 9.17) is 10.2 Å². The van der Waals surface area contributed by atoms with Crippen molar-refractivity contribution < 1.29 is 35.3 Å². The van der Waals surface area contributed by atoms with Gasteiger partial charge in [0.05, 0.1) is 13.2 Å². The molecule has 0 fully saturated rings. The van der Waals surface area contributed by atoms with E-state index in [0.717, 1.165) is 178 Å². The maximum absolute atomic E-state index is 12.5. The SMILES string of the molecule is CCCCC#Cc1cc(C#CCCCC)cc(C2=C(CCCC)C(CCCCC)=C(c3cc(C#CCCCC)cc(C#CCCCC)c3)[N+]2=[N-])c1.OCc1ccccc1.OCc1ccccc1.[Pd]. The van der Waals surface area contributed by atoms with Crippen LogP contribution in [-0.2, 0) is 33.6 Å². The van der Waals surface area contributed by atoms with Gasteiger partial charge in [-0.1, -0.05) is 195 Å². The Kier molecular flexibility index (Phi) is 31.9. The molecule has 1 aliphatic heterocycles. The number of rotatable bonds is 19. The normalized spacial score (nSPS) is 11.2. The van der Waals surface area contributed by atoms with Crippen molar-refractivity contribution in [2.24, 2.45) is 0 Å². The van der Waals surface area contributed by atoms with E-state index < -0.39 is 0 Å². The molecule has 5 rings (SSSR count). The third-order valence-electron chi connectivity index (χ3n) is 11.2. The molecule has 4 nitrogen and oxygen atoms in total. The second-order valence-electron chi connectivity index (χ2n) is 17.0. The number of nitrogens with zero attached hydrogens (tertiary/aromatic N) is 2. The van der Waals surface area contributed by atoms with E-state index in [1.165, 1.54) is 15.8 Å². The van der Waals surface area contributed by atoms with Crippen molar-refractivity contribution in [3.05, 3.63) is 158 Å². The van der Waals surface area contributed by atoms with Gasteiger partial charge in [-0.15, -0.1) is 0 Å². The topological polar surface area (TPSA) is 65.8 Å². The van der Waals surface area contributed by atoms with Crippen molar-refractivity contribution in [3.63, 3.8) is 0 Å². The fourth-order valence-corrected chi connectivity index (χ4v) is 7.39. The summed E-state index contributed by atoms with van der Waals surface area (Å²) in [7, 11) is 0. The van der Waals surface area contributed by atoms with E-state index in [-0.39, 0.29) is 33.6 Å². The van der Waals surface area contributed by atoms with Crippen LogP contribution in [0.3, 0.4) is 0 Å². The number of benzene rings is 4. The molecule has 0 unspecified atom stereocenters. The fourth-order valence-electron chi connectivity index (χ4n) is 7.39. The van der Waals surface area contributed by atoms with Gasteiger partial charge in [0.1, 0.15) is 0 Å². The predicted molar refractivity (Wildman–Crippen MR) is 284 cm³/mol. The molecule has 0 atom stereocenters. The average Bonchev–Trinajstić information content (AvgIpc) is 3.64. The molecule has 0 saturated carbocycles. The standard InChI is InChI=1S/C49H62N2.2C7H8O.Pd/c1-7-13-19-24-28-40-34-41(29-25-20-14-8-2)37-44(36-40)48-46(32-18-12-6)47(33-23-17-11-5)49(51(48)50)45-38-42(30-26-21-15-9-3)35-43(39-45)31-27-22-16-10-4;2*8-6-7-4-2-1-3-5-7;/h34-39H,7-23,32-33H2,1-6H3;2*1-5,8H,6H2;. The summed E-state index contributed by atoms with van der Waals surface area (Å²) in [6.45, 7) is 13.6. The minimum absolute atomic E-state index is 0. The van der Waals surface area contributed by atoms with E-state index >= 15 is 0 Å². The Balaban J connectivity index is 0.000000778. The van der Waals surface area contributed by atoms with Gasteiger partial charge < -0.3 is 15.7 Å². The van der Waals surface area contributed by atoms with Gasteiger partial charge in [-0.25, -0.2) is 4.70 Å². The number of aliphatic hydroxyl groups is 2. The second-order valence-corrected chi connectivity index (χ2v) is 17.0. The van der Waals surface area contributed by atoms with Crippen LogP contribution in [0.5, 0.6) is 0 Å². The molecule has 4 aromatic carbocycles. The number of hydrogen-bond acceptors (Lipinski definition) is 2. The zero-order chi connectivity index (χ0) is 48.3. The summed E-state index contributed by atoms with van der Waals surface area (Å²) in [5.41, 5.74) is 24.4. The Hall–Kier alpha value is -5.22. The van der Waals surface area contributed by atoms with E-state index in [0.29, 0.717) is 0 Å². The molecule has 0 bridgehead atoms. The molecular formula is C63H78N2O2Pd. The van der Waals surface area contributed by atoms with E-state index in [1.54, 1.807) is 0 Å². The van der Waals surface area contributed by atoms with Crippen molar-refractivity contribution in [1.29, 1.82) is 0 Å². The molecule has 1 aliphatic rings. The quantitative estimate of drug-likeness (QED) is 0.0425. The van der Waals surface area contributed by atoms with Crippen molar-refractivity contribution in [1.82, 2.24) is 0 Å². The van der Waals surface area contributed by atoms with E-state index in [2.05, 4.69) is 125 Å². The summed E-state index contributed by atoms with van der Waals surface area (Å²) in [5.74, 6) is 27.3. The van der Waals surface area contributed by atoms with Gasteiger partial charge >= 0.3 is 0 Å². The molecule has 0 amide bonds. The third kappa shape index (κ3) is 21.8. The number of allylic oxidation sites excluding steroid dienone is 2. The maximum Gasteiger partial charge on any atom is 0.211 e. The average molecular weight is 1000 g/mol. The van der Waals surface area contributed by atoms with Crippen LogP contribution in [0.4, 0.5) is 0 Å². The van der Waals surface area contributed by atoms with Crippen molar-refractivity contribution in [2.45, 2.75) is 177 Å². The van der Waals surface area contributed by atoms with E-state index in [1.807, 2.05) is 60.7 Å². The first-order valence-electron chi connectivity index (χ1n) is 25.4. The Bertz CT molecular complexity index is 2290. The third-order valence-corrected chi connectivity index (χ3v) is 11.2. The van der Waals surface area contributed by atoms with Crippen molar-refractivity contribution >= 4 is 11.4 Å². The van der Waals surface area contributed by atoms with Crippen LogP contribution in [0.25, 0.3) is 16.9 Å². The summed E-state index contributed by atoms with van der Waals surface area (Å²) in [6.07, 6.45) is 19.7. The fraction of sp³-hybridized carbons (Fsp3) is 0.429. The Morgan fingerprint density at radius 3 is 1.00 bits per heavy atom. The molecule has 0 saturated heterocycles. The van der Waals surface area contributed by atoms with Gasteiger partial charge in [-0.05, 0) is 98.9 Å². The minimum Gasteiger partial charge on any atom is -0.493 e.